The summed E-state index contributed by atoms with van der Waals surface area (Å²) in [7, 11) is 0. The van der Waals surface area contributed by atoms with Gasteiger partial charge in [-0.25, -0.2) is 13.8 Å². The van der Waals surface area contributed by atoms with Crippen molar-refractivity contribution < 1.29 is 28.2 Å². The Labute approximate surface area is 217 Å². The fourth-order valence-corrected chi connectivity index (χ4v) is 6.34. The van der Waals surface area contributed by atoms with Crippen LogP contribution < -0.4 is 15.0 Å². The van der Waals surface area contributed by atoms with Crippen molar-refractivity contribution in [1.29, 1.82) is 0 Å². The first-order valence-electron chi connectivity index (χ1n) is 12.9. The van der Waals surface area contributed by atoms with Crippen LogP contribution >= 0.6 is 0 Å². The van der Waals surface area contributed by atoms with Gasteiger partial charge in [0.05, 0.1) is 30.5 Å². The van der Waals surface area contributed by atoms with E-state index in [4.69, 9.17) is 4.74 Å². The van der Waals surface area contributed by atoms with E-state index in [1.165, 1.54) is 4.90 Å². The zero-order chi connectivity index (χ0) is 26.5. The second-order valence-electron chi connectivity index (χ2n) is 10.9. The summed E-state index contributed by atoms with van der Waals surface area (Å²) in [6.45, 7) is -0.677. The van der Waals surface area contributed by atoms with E-state index in [2.05, 4.69) is 20.5 Å². The smallest absolute Gasteiger partial charge is 0.249 e. The molecule has 1 spiro atoms. The topological polar surface area (TPSA) is 120 Å². The molecule has 9 nitrogen and oxygen atoms in total. The van der Waals surface area contributed by atoms with Gasteiger partial charge in [-0.3, -0.25) is 14.7 Å². The highest BCUT2D eigenvalue weighted by Gasteiger charge is 2.56. The van der Waals surface area contributed by atoms with E-state index >= 15 is 0 Å². The molecule has 0 unspecified atom stereocenters. The molecule has 1 aromatic carbocycles. The number of aliphatic hydroxyl groups excluding tert-OH is 1. The number of alkyl halides is 2. The molecular formula is C27H29F2N5O4. The number of nitrogens with zero attached hydrogens (tertiary/aromatic N) is 3. The Morgan fingerprint density at radius 2 is 1.97 bits per heavy atom. The molecule has 2 fully saturated rings. The van der Waals surface area contributed by atoms with E-state index < -0.39 is 42.1 Å². The number of nitrogens with one attached hydrogen (secondary N) is 2. The summed E-state index contributed by atoms with van der Waals surface area (Å²) in [5.41, 5.74) is 0.557. The first kappa shape index (κ1) is 24.7. The minimum absolute atomic E-state index is 0.0504. The van der Waals surface area contributed by atoms with E-state index in [0.717, 1.165) is 10.9 Å². The summed E-state index contributed by atoms with van der Waals surface area (Å²) < 4.78 is 33.0. The number of carbonyl (C=O) groups is 2. The van der Waals surface area contributed by atoms with E-state index in [9.17, 15) is 23.5 Å². The van der Waals surface area contributed by atoms with E-state index in [0.29, 0.717) is 42.8 Å². The molecule has 0 atom stereocenters. The quantitative estimate of drug-likeness (QED) is 0.436. The zero-order valence-corrected chi connectivity index (χ0v) is 20.8. The summed E-state index contributed by atoms with van der Waals surface area (Å²) in [6.07, 6.45) is 4.85. The molecule has 3 aromatic rings. The highest BCUT2D eigenvalue weighted by molar-refractivity contribution is 6.10. The lowest BCUT2D eigenvalue weighted by Gasteiger charge is -2.46. The van der Waals surface area contributed by atoms with E-state index in [-0.39, 0.29) is 25.1 Å². The fourth-order valence-electron chi connectivity index (χ4n) is 6.34. The van der Waals surface area contributed by atoms with Gasteiger partial charge in [0.15, 0.2) is 5.65 Å². The van der Waals surface area contributed by atoms with Crippen molar-refractivity contribution in [3.8, 4) is 5.75 Å². The lowest BCUT2D eigenvalue weighted by atomic mass is 9.66. The van der Waals surface area contributed by atoms with Crippen molar-refractivity contribution >= 4 is 28.5 Å². The van der Waals surface area contributed by atoms with Crippen molar-refractivity contribution in [2.45, 2.75) is 56.0 Å². The maximum Gasteiger partial charge on any atom is 0.249 e. The Balaban J connectivity index is 1.12. The van der Waals surface area contributed by atoms with E-state index in [1.54, 1.807) is 12.4 Å². The summed E-state index contributed by atoms with van der Waals surface area (Å²) >= 11 is 0. The molecule has 2 aliphatic carbocycles. The number of para-hydroxylation sites is 1. The van der Waals surface area contributed by atoms with Crippen molar-refractivity contribution in [1.82, 2.24) is 20.5 Å². The third-order valence-electron chi connectivity index (χ3n) is 8.29. The normalized spacial score (nSPS) is 21.3. The number of hydrogen-bond acceptors (Lipinski definition) is 6. The molecule has 2 saturated carbocycles. The summed E-state index contributed by atoms with van der Waals surface area (Å²) in [6, 6.07) is 9.40. The largest absolute Gasteiger partial charge is 0.489 e. The van der Waals surface area contributed by atoms with Gasteiger partial charge in [-0.1, -0.05) is 18.2 Å². The molecule has 200 valence electrons. The first-order valence-corrected chi connectivity index (χ1v) is 12.9. The number of amides is 2. The van der Waals surface area contributed by atoms with Crippen LogP contribution in [0.25, 0.3) is 11.0 Å². The minimum atomic E-state index is -2.81. The average molecular weight is 526 g/mol. The van der Waals surface area contributed by atoms with Crippen molar-refractivity contribution in [2.75, 3.05) is 24.6 Å². The number of aromatic nitrogens is 3. The number of hydrogen-bond donors (Lipinski definition) is 3. The summed E-state index contributed by atoms with van der Waals surface area (Å²) in [4.78, 5) is 32.4. The number of fused-ring (bicyclic) bond motifs is 3. The van der Waals surface area contributed by atoms with Crippen LogP contribution in [0.4, 0.5) is 14.5 Å². The molecule has 2 aromatic heterocycles. The molecule has 3 aliphatic rings. The highest BCUT2D eigenvalue weighted by atomic mass is 19.3. The number of aliphatic hydroxyl groups is 1. The average Bonchev–Trinajstić information content (AvgIpc) is 3.45. The number of pyridine rings is 1. The molecule has 3 N–H and O–H groups in total. The number of H-pyrrole nitrogens is 1. The van der Waals surface area contributed by atoms with Crippen LogP contribution in [-0.4, -0.2) is 63.8 Å². The lowest BCUT2D eigenvalue weighted by Crippen LogP contribution is -2.55. The SMILES string of the molecule is O=C(CN1C(=O)C2(CCC(Oc3cnc4[nH]ncc4c3)CC2)c2ccccc21)NCC1(CO)CC(F)(F)C1. The number of benzene rings is 1. The minimum Gasteiger partial charge on any atom is -0.489 e. The van der Waals surface area contributed by atoms with Crippen LogP contribution in [0.2, 0.25) is 0 Å². The van der Waals surface area contributed by atoms with Crippen LogP contribution in [-0.2, 0) is 15.0 Å². The molecule has 0 bridgehead atoms. The van der Waals surface area contributed by atoms with Crippen LogP contribution in [0.1, 0.15) is 44.1 Å². The predicted octanol–water partition coefficient (Wildman–Crippen LogP) is 3.09. The van der Waals surface area contributed by atoms with Crippen molar-refractivity contribution in [3.63, 3.8) is 0 Å². The van der Waals surface area contributed by atoms with Crippen LogP contribution in [0, 0.1) is 5.41 Å². The number of rotatable bonds is 7. The molecule has 11 heteroatoms. The molecule has 0 radical (unpaired) electrons. The van der Waals surface area contributed by atoms with Gasteiger partial charge in [0.2, 0.25) is 17.7 Å². The number of carbonyl (C=O) groups excluding carboxylic acids is 2. The third-order valence-corrected chi connectivity index (χ3v) is 8.29. The van der Waals surface area contributed by atoms with Gasteiger partial charge in [-0.15, -0.1) is 0 Å². The molecule has 6 rings (SSSR count). The Kier molecular flexibility index (Phi) is 5.86. The Morgan fingerprint density at radius 1 is 1.21 bits per heavy atom. The fraction of sp³-hybridized carbons (Fsp3) is 0.481. The molecule has 38 heavy (non-hydrogen) atoms. The number of anilines is 1. The Morgan fingerprint density at radius 3 is 2.71 bits per heavy atom. The van der Waals surface area contributed by atoms with Gasteiger partial charge in [0.1, 0.15) is 12.3 Å². The standard InChI is InChI=1S/C27H29F2N5O4/c28-27(29)13-25(14-27,16-35)15-31-22(36)12-34-21-4-2-1-3-20(21)26(24(34)37)7-5-18(6-8-26)38-19-9-17-10-32-33-23(17)30-11-19/h1-4,9-11,18,35H,5-8,12-16H2,(H,31,36)(H,30,32,33). The number of halogens is 2. The Bertz CT molecular complexity index is 1380. The third kappa shape index (κ3) is 4.18. The van der Waals surface area contributed by atoms with Gasteiger partial charge < -0.3 is 20.1 Å². The second kappa shape index (κ2) is 9.00. The molecule has 3 heterocycles. The molecule has 2 amide bonds. The summed E-state index contributed by atoms with van der Waals surface area (Å²) in [5.74, 6) is -2.72. The first-order chi connectivity index (χ1) is 18.2. The highest BCUT2D eigenvalue weighted by Crippen LogP contribution is 2.52. The summed E-state index contributed by atoms with van der Waals surface area (Å²) in [5, 5.41) is 19.9. The maximum absolute atomic E-state index is 13.8. The van der Waals surface area contributed by atoms with Crippen molar-refractivity contribution in [2.24, 2.45) is 5.41 Å². The van der Waals surface area contributed by atoms with Gasteiger partial charge in [0, 0.05) is 35.9 Å². The maximum atomic E-state index is 13.8. The van der Waals surface area contributed by atoms with Crippen molar-refractivity contribution in [3.05, 3.63) is 48.3 Å². The Hall–Kier alpha value is -3.60. The van der Waals surface area contributed by atoms with E-state index in [1.807, 2.05) is 30.3 Å². The van der Waals surface area contributed by atoms with Gasteiger partial charge >= 0.3 is 0 Å². The predicted molar refractivity (Wildman–Crippen MR) is 134 cm³/mol. The van der Waals surface area contributed by atoms with Crippen LogP contribution in [0.3, 0.4) is 0 Å². The van der Waals surface area contributed by atoms with Crippen LogP contribution in [0.15, 0.2) is 42.7 Å². The number of ether oxygens (including phenoxy) is 1. The zero-order valence-electron chi connectivity index (χ0n) is 20.8. The molecular weight excluding hydrogens is 496 g/mol. The lowest BCUT2D eigenvalue weighted by molar-refractivity contribution is -0.175. The second-order valence-corrected chi connectivity index (χ2v) is 10.9. The van der Waals surface area contributed by atoms with Crippen LogP contribution in [0.5, 0.6) is 5.75 Å². The molecule has 1 aliphatic heterocycles. The van der Waals surface area contributed by atoms with Gasteiger partial charge in [0.25, 0.3) is 0 Å². The van der Waals surface area contributed by atoms with Gasteiger partial charge in [-0.05, 0) is 43.4 Å². The van der Waals surface area contributed by atoms with Gasteiger partial charge in [-0.2, -0.15) is 5.10 Å². The monoisotopic (exact) mass is 525 g/mol. The molecule has 0 saturated heterocycles. The number of aromatic amines is 1.